The highest BCUT2D eigenvalue weighted by Crippen LogP contribution is 2.16. The first kappa shape index (κ1) is 17.0. The number of furan rings is 1. The Bertz CT molecular complexity index is 663. The van der Waals surface area contributed by atoms with Gasteiger partial charge in [-0.3, -0.25) is 9.79 Å². The minimum Gasteiger partial charge on any atom is -0.459 e. The van der Waals surface area contributed by atoms with Crippen molar-refractivity contribution in [2.45, 2.75) is 20.4 Å². The third kappa shape index (κ3) is 5.10. The summed E-state index contributed by atoms with van der Waals surface area (Å²) in [5, 5.41) is 10.2. The molecule has 2 heterocycles. The molecule has 0 saturated heterocycles. The lowest BCUT2D eigenvalue weighted by Gasteiger charge is -2.11. The predicted octanol–water partition coefficient (Wildman–Crippen LogP) is 1.45. The summed E-state index contributed by atoms with van der Waals surface area (Å²) in [5.41, 5.74) is 1.04. The van der Waals surface area contributed by atoms with Crippen LogP contribution in [0.2, 0.25) is 0 Å². The molecule has 0 aliphatic rings. The number of hydrogen-bond donors (Lipinski definition) is 3. The Morgan fingerprint density at radius 3 is 2.70 bits per heavy atom. The van der Waals surface area contributed by atoms with Crippen LogP contribution in [-0.4, -0.2) is 37.0 Å². The van der Waals surface area contributed by atoms with Crippen molar-refractivity contribution in [2.75, 3.05) is 20.1 Å². The lowest BCUT2D eigenvalue weighted by atomic mass is 10.4. The summed E-state index contributed by atoms with van der Waals surface area (Å²) in [7, 11) is 1.71. The lowest BCUT2D eigenvalue weighted by molar-refractivity contribution is 0.0926. The van der Waals surface area contributed by atoms with Crippen molar-refractivity contribution in [2.24, 2.45) is 4.99 Å². The maximum atomic E-state index is 11.7. The summed E-state index contributed by atoms with van der Waals surface area (Å²) < 4.78 is 5.02. The molecule has 0 aliphatic carbocycles. The van der Waals surface area contributed by atoms with Crippen LogP contribution in [0.3, 0.4) is 0 Å². The fourth-order valence-corrected chi connectivity index (χ4v) is 2.85. The largest absolute Gasteiger partial charge is 0.459 e. The van der Waals surface area contributed by atoms with Gasteiger partial charge in [-0.2, -0.15) is 0 Å². The molecule has 23 heavy (non-hydrogen) atoms. The minimum atomic E-state index is -0.226. The van der Waals surface area contributed by atoms with Crippen LogP contribution >= 0.6 is 11.3 Å². The number of thiazole rings is 1. The van der Waals surface area contributed by atoms with E-state index in [2.05, 4.69) is 25.9 Å². The van der Waals surface area contributed by atoms with Gasteiger partial charge in [0.15, 0.2) is 11.7 Å². The van der Waals surface area contributed by atoms with Gasteiger partial charge in [-0.1, -0.05) is 0 Å². The molecule has 0 fully saturated rings. The van der Waals surface area contributed by atoms with Crippen molar-refractivity contribution < 1.29 is 9.21 Å². The molecule has 0 radical (unpaired) electrons. The number of carbonyl (C=O) groups is 1. The molecule has 0 atom stereocenters. The van der Waals surface area contributed by atoms with E-state index >= 15 is 0 Å². The number of nitrogens with one attached hydrogen (secondary N) is 3. The van der Waals surface area contributed by atoms with Gasteiger partial charge in [-0.25, -0.2) is 4.98 Å². The smallest absolute Gasteiger partial charge is 0.287 e. The second-order valence-corrected chi connectivity index (χ2v) is 6.11. The molecule has 7 nitrogen and oxygen atoms in total. The number of carbonyl (C=O) groups excluding carboxylic acids is 1. The Balaban J connectivity index is 1.69. The van der Waals surface area contributed by atoms with Crippen LogP contribution in [0.25, 0.3) is 0 Å². The summed E-state index contributed by atoms with van der Waals surface area (Å²) in [6, 6.07) is 3.31. The minimum absolute atomic E-state index is 0.226. The summed E-state index contributed by atoms with van der Waals surface area (Å²) in [5.74, 6) is 0.766. The van der Waals surface area contributed by atoms with E-state index in [4.69, 9.17) is 4.42 Å². The van der Waals surface area contributed by atoms with Crippen LogP contribution in [0.4, 0.5) is 0 Å². The lowest BCUT2D eigenvalue weighted by Crippen LogP contribution is -2.41. The molecule has 0 aliphatic heterocycles. The van der Waals surface area contributed by atoms with Gasteiger partial charge in [0.1, 0.15) is 0 Å². The average Bonchev–Trinajstić information content (AvgIpc) is 3.16. The molecular formula is C15H21N5O2S. The highest BCUT2D eigenvalue weighted by atomic mass is 32.1. The highest BCUT2D eigenvalue weighted by molar-refractivity contribution is 7.11. The number of nitrogens with zero attached hydrogens (tertiary/aromatic N) is 2. The molecule has 8 heteroatoms. The van der Waals surface area contributed by atoms with E-state index < -0.39 is 0 Å². The molecule has 2 aromatic rings. The summed E-state index contributed by atoms with van der Waals surface area (Å²) >= 11 is 1.67. The Morgan fingerprint density at radius 2 is 2.09 bits per heavy atom. The molecule has 1 amide bonds. The quantitative estimate of drug-likeness (QED) is 0.422. The van der Waals surface area contributed by atoms with E-state index in [-0.39, 0.29) is 5.91 Å². The van der Waals surface area contributed by atoms with Gasteiger partial charge in [0.25, 0.3) is 5.91 Å². The first-order valence-corrected chi connectivity index (χ1v) is 8.11. The predicted molar refractivity (Wildman–Crippen MR) is 90.8 cm³/mol. The van der Waals surface area contributed by atoms with E-state index in [9.17, 15) is 4.79 Å². The molecular weight excluding hydrogens is 314 g/mol. The van der Waals surface area contributed by atoms with Crippen LogP contribution in [0.15, 0.2) is 27.8 Å². The number of rotatable bonds is 6. The molecule has 2 rings (SSSR count). The maximum Gasteiger partial charge on any atom is 0.287 e. The Hall–Kier alpha value is -2.35. The van der Waals surface area contributed by atoms with Gasteiger partial charge in [-0.15, -0.1) is 11.3 Å². The number of aryl methyl sites for hydroxylation is 2. The van der Waals surface area contributed by atoms with Crippen molar-refractivity contribution in [3.8, 4) is 0 Å². The van der Waals surface area contributed by atoms with Crippen molar-refractivity contribution in [1.82, 2.24) is 20.9 Å². The van der Waals surface area contributed by atoms with Crippen LogP contribution in [-0.2, 0) is 6.54 Å². The van der Waals surface area contributed by atoms with Crippen LogP contribution in [0.5, 0.6) is 0 Å². The van der Waals surface area contributed by atoms with Crippen molar-refractivity contribution in [1.29, 1.82) is 0 Å². The van der Waals surface area contributed by atoms with Crippen LogP contribution < -0.4 is 16.0 Å². The van der Waals surface area contributed by atoms with Crippen LogP contribution in [0, 0.1) is 13.8 Å². The van der Waals surface area contributed by atoms with Gasteiger partial charge in [0, 0.05) is 25.0 Å². The standard InChI is InChI=1S/C15H21N5O2S/c1-10-13(23-11(2)20-10)9-19-15(16-3)18-7-6-17-14(21)12-5-4-8-22-12/h4-5,8H,6-7,9H2,1-3H3,(H,17,21)(H2,16,18,19). The Labute approximate surface area is 139 Å². The van der Waals surface area contributed by atoms with Gasteiger partial charge < -0.3 is 20.4 Å². The third-order valence-corrected chi connectivity index (χ3v) is 4.16. The number of amides is 1. The zero-order chi connectivity index (χ0) is 16.7. The normalized spacial score (nSPS) is 11.3. The number of guanidine groups is 1. The molecule has 0 spiro atoms. The number of aliphatic imine (C=N–C) groups is 1. The fraction of sp³-hybridized carbons (Fsp3) is 0.400. The topological polar surface area (TPSA) is 91.5 Å². The highest BCUT2D eigenvalue weighted by Gasteiger charge is 2.08. The van der Waals surface area contributed by atoms with Crippen LogP contribution in [0.1, 0.15) is 26.1 Å². The molecule has 0 saturated carbocycles. The molecule has 124 valence electrons. The Kier molecular flexibility index (Phi) is 6.16. The fourth-order valence-electron chi connectivity index (χ4n) is 1.97. The first-order valence-electron chi connectivity index (χ1n) is 7.29. The molecule has 0 aromatic carbocycles. The summed E-state index contributed by atoms with van der Waals surface area (Å²) in [4.78, 5) is 21.4. The molecule has 0 bridgehead atoms. The van der Waals surface area contributed by atoms with Gasteiger partial charge in [-0.05, 0) is 26.0 Å². The van der Waals surface area contributed by atoms with E-state index in [1.807, 2.05) is 13.8 Å². The first-order chi connectivity index (χ1) is 11.1. The molecule has 0 unspecified atom stereocenters. The monoisotopic (exact) mass is 335 g/mol. The SMILES string of the molecule is CN=C(NCCNC(=O)c1ccco1)NCc1sc(C)nc1C. The summed E-state index contributed by atoms with van der Waals surface area (Å²) in [6.07, 6.45) is 1.47. The van der Waals surface area contributed by atoms with Gasteiger partial charge in [0.05, 0.1) is 23.5 Å². The van der Waals surface area contributed by atoms with Crippen molar-refractivity contribution in [3.05, 3.63) is 39.7 Å². The third-order valence-electron chi connectivity index (χ3n) is 3.09. The van der Waals surface area contributed by atoms with Gasteiger partial charge >= 0.3 is 0 Å². The summed E-state index contributed by atoms with van der Waals surface area (Å²) in [6.45, 7) is 5.71. The second kappa shape index (κ2) is 8.33. The molecule has 3 N–H and O–H groups in total. The second-order valence-electron chi connectivity index (χ2n) is 4.83. The van der Waals surface area contributed by atoms with E-state index in [0.29, 0.717) is 31.4 Å². The number of hydrogen-bond acceptors (Lipinski definition) is 5. The number of aromatic nitrogens is 1. The Morgan fingerprint density at radius 1 is 1.30 bits per heavy atom. The van der Waals surface area contributed by atoms with Gasteiger partial charge in [0.2, 0.25) is 0 Å². The maximum absolute atomic E-state index is 11.7. The van der Waals surface area contributed by atoms with Crippen molar-refractivity contribution >= 4 is 23.2 Å². The van der Waals surface area contributed by atoms with E-state index in [0.717, 1.165) is 10.7 Å². The van der Waals surface area contributed by atoms with Crippen molar-refractivity contribution in [3.63, 3.8) is 0 Å². The van der Waals surface area contributed by atoms with E-state index in [1.54, 1.807) is 30.5 Å². The van der Waals surface area contributed by atoms with E-state index in [1.165, 1.54) is 11.1 Å². The average molecular weight is 335 g/mol. The molecule has 2 aromatic heterocycles. The zero-order valence-corrected chi connectivity index (χ0v) is 14.3. The zero-order valence-electron chi connectivity index (χ0n) is 13.5.